The Morgan fingerprint density at radius 2 is 2.00 bits per heavy atom. The van der Waals surface area contributed by atoms with Crippen LogP contribution >= 0.6 is 15.9 Å². The van der Waals surface area contributed by atoms with Gasteiger partial charge in [-0.15, -0.1) is 0 Å². The highest BCUT2D eigenvalue weighted by Gasteiger charge is 2.28. The summed E-state index contributed by atoms with van der Waals surface area (Å²) in [6, 6.07) is 0. The maximum atomic E-state index is 5.18. The molecule has 0 N–H and O–H groups in total. The average molecular weight is 223 g/mol. The first-order chi connectivity index (χ1) is 5.16. The van der Waals surface area contributed by atoms with Gasteiger partial charge in [-0.05, 0) is 0 Å². The molecule has 0 spiro atoms. The molecule has 1 heterocycles. The van der Waals surface area contributed by atoms with Crippen LogP contribution in [0.15, 0.2) is 0 Å². The van der Waals surface area contributed by atoms with Crippen LogP contribution in [0.4, 0.5) is 0 Å². The third-order valence-electron chi connectivity index (χ3n) is 2.49. The first-order valence-corrected chi connectivity index (χ1v) is 5.08. The Kier molecular flexibility index (Phi) is 3.34. The summed E-state index contributed by atoms with van der Waals surface area (Å²) in [7, 11) is 4.06. The molecule has 3 heteroatoms. The predicted octanol–water partition coefficient (Wildman–Crippen LogP) is 1.59. The Morgan fingerprint density at radius 3 is 2.45 bits per heavy atom. The van der Waals surface area contributed by atoms with Crippen LogP contribution in [0.25, 0.3) is 0 Å². The molecule has 0 saturated carbocycles. The summed E-state index contributed by atoms with van der Waals surface area (Å²) in [4.78, 5) is 0. The van der Waals surface area contributed by atoms with Crippen molar-refractivity contribution in [3.8, 4) is 0 Å². The molecule has 0 amide bonds. The van der Waals surface area contributed by atoms with Crippen molar-refractivity contribution >= 4 is 15.9 Å². The molecular weight excluding hydrogens is 206 g/mol. The average Bonchev–Trinajstić information content (AvgIpc) is 2.36. The first-order valence-electron chi connectivity index (χ1n) is 4.17. The summed E-state index contributed by atoms with van der Waals surface area (Å²) in [5.74, 6) is 0. The van der Waals surface area contributed by atoms with Gasteiger partial charge >= 0.3 is 0 Å². The molecule has 1 rings (SSSR count). The third-order valence-corrected chi connectivity index (χ3v) is 3.15. The molecule has 1 unspecified atom stereocenters. The van der Waals surface area contributed by atoms with E-state index in [1.807, 2.05) is 0 Å². The lowest BCUT2D eigenvalue weighted by Crippen LogP contribution is -2.45. The van der Waals surface area contributed by atoms with Gasteiger partial charge in [0.1, 0.15) is 6.54 Å². The molecular formula is C8H17BrNO+. The smallest absolute Gasteiger partial charge is 0.160 e. The molecule has 0 bridgehead atoms. The fourth-order valence-corrected chi connectivity index (χ4v) is 2.40. The van der Waals surface area contributed by atoms with Crippen molar-refractivity contribution in [1.82, 2.24) is 0 Å². The van der Waals surface area contributed by atoms with Crippen LogP contribution in [0.5, 0.6) is 0 Å². The predicted molar refractivity (Wildman–Crippen MR) is 49.7 cm³/mol. The van der Waals surface area contributed by atoms with Gasteiger partial charge in [-0.3, -0.25) is 0 Å². The number of halogens is 1. The van der Waals surface area contributed by atoms with Gasteiger partial charge in [-0.2, -0.15) is 0 Å². The topological polar surface area (TPSA) is 9.23 Å². The van der Waals surface area contributed by atoms with Crippen LogP contribution in [0.3, 0.4) is 0 Å². The number of quaternary nitrogens is 1. The molecule has 1 aliphatic heterocycles. The summed E-state index contributed by atoms with van der Waals surface area (Å²) in [5, 5.41) is 0.227. The molecule has 0 aromatic rings. The van der Waals surface area contributed by atoms with E-state index in [0.29, 0.717) is 0 Å². The number of likely N-dealkylation sites (N-methyl/N-ethyl adjacent to an activating group) is 1. The second kappa shape index (κ2) is 3.87. The Hall–Kier alpha value is 0.400. The summed E-state index contributed by atoms with van der Waals surface area (Å²) in [6.45, 7) is 3.72. The zero-order valence-electron chi connectivity index (χ0n) is 7.35. The minimum absolute atomic E-state index is 0.227. The van der Waals surface area contributed by atoms with Crippen molar-refractivity contribution in [1.29, 1.82) is 0 Å². The first kappa shape index (κ1) is 9.49. The second-order valence-corrected chi connectivity index (χ2v) is 4.62. The SMILES string of the molecule is COC(Br)C[N+]1(C)CCCC1. The molecule has 0 aliphatic carbocycles. The molecule has 0 radical (unpaired) electrons. The Bertz CT molecular complexity index is 123. The third kappa shape index (κ3) is 2.73. The summed E-state index contributed by atoms with van der Waals surface area (Å²) in [6.07, 6.45) is 2.75. The Morgan fingerprint density at radius 1 is 1.45 bits per heavy atom. The van der Waals surface area contributed by atoms with E-state index in [4.69, 9.17) is 4.74 Å². The number of hydrogen-bond donors (Lipinski definition) is 0. The summed E-state index contributed by atoms with van der Waals surface area (Å²) in [5.41, 5.74) is 0. The molecule has 66 valence electrons. The van der Waals surface area contributed by atoms with E-state index in [0.717, 1.165) is 6.54 Å². The molecule has 2 nitrogen and oxygen atoms in total. The molecule has 1 saturated heterocycles. The summed E-state index contributed by atoms with van der Waals surface area (Å²) >= 11 is 3.48. The lowest BCUT2D eigenvalue weighted by Gasteiger charge is -2.30. The van der Waals surface area contributed by atoms with Crippen LogP contribution in [0.1, 0.15) is 12.8 Å². The molecule has 0 aromatic carbocycles. The van der Waals surface area contributed by atoms with Gasteiger partial charge in [0.15, 0.2) is 5.01 Å². The molecule has 1 fully saturated rings. The standard InChI is InChI=1S/C8H17BrNO/c1-10(5-3-4-6-10)7-8(9)11-2/h8H,3-7H2,1-2H3/q+1. The van der Waals surface area contributed by atoms with E-state index in [1.54, 1.807) is 7.11 Å². The van der Waals surface area contributed by atoms with E-state index in [9.17, 15) is 0 Å². The normalized spacial score (nSPS) is 25.4. The van der Waals surface area contributed by atoms with E-state index in [-0.39, 0.29) is 5.01 Å². The van der Waals surface area contributed by atoms with E-state index < -0.39 is 0 Å². The van der Waals surface area contributed by atoms with Crippen molar-refractivity contribution in [2.45, 2.75) is 17.9 Å². The van der Waals surface area contributed by atoms with Gasteiger partial charge in [-0.1, -0.05) is 15.9 Å². The maximum Gasteiger partial charge on any atom is 0.160 e. The van der Waals surface area contributed by atoms with Gasteiger partial charge in [-0.25, -0.2) is 0 Å². The van der Waals surface area contributed by atoms with Gasteiger partial charge < -0.3 is 9.22 Å². The number of nitrogens with zero attached hydrogens (tertiary/aromatic N) is 1. The van der Waals surface area contributed by atoms with Crippen LogP contribution in [-0.2, 0) is 4.74 Å². The van der Waals surface area contributed by atoms with Crippen molar-refractivity contribution in [3.63, 3.8) is 0 Å². The van der Waals surface area contributed by atoms with Gasteiger partial charge in [0.05, 0.1) is 20.1 Å². The summed E-state index contributed by atoms with van der Waals surface area (Å²) < 4.78 is 6.35. The second-order valence-electron chi connectivity index (χ2n) is 3.60. The fourth-order valence-electron chi connectivity index (χ4n) is 1.70. The van der Waals surface area contributed by atoms with Crippen LogP contribution in [0.2, 0.25) is 0 Å². The number of likely N-dealkylation sites (tertiary alicyclic amines) is 1. The lowest BCUT2D eigenvalue weighted by atomic mass is 10.4. The fraction of sp³-hybridized carbons (Fsp3) is 1.00. The highest BCUT2D eigenvalue weighted by atomic mass is 79.9. The zero-order valence-corrected chi connectivity index (χ0v) is 8.93. The van der Waals surface area contributed by atoms with Gasteiger partial charge in [0.2, 0.25) is 0 Å². The van der Waals surface area contributed by atoms with E-state index in [1.165, 1.54) is 30.4 Å². The van der Waals surface area contributed by atoms with Crippen molar-refractivity contribution < 1.29 is 9.22 Å². The molecule has 11 heavy (non-hydrogen) atoms. The quantitative estimate of drug-likeness (QED) is 0.521. The number of hydrogen-bond acceptors (Lipinski definition) is 1. The van der Waals surface area contributed by atoms with Gasteiger partial charge in [0, 0.05) is 20.0 Å². The maximum absolute atomic E-state index is 5.18. The minimum atomic E-state index is 0.227. The van der Waals surface area contributed by atoms with Crippen molar-refractivity contribution in [2.75, 3.05) is 33.8 Å². The molecule has 1 atom stereocenters. The number of alkyl halides is 1. The minimum Gasteiger partial charge on any atom is -0.364 e. The zero-order chi connectivity index (χ0) is 8.32. The van der Waals surface area contributed by atoms with Gasteiger partial charge in [0.25, 0.3) is 0 Å². The highest BCUT2D eigenvalue weighted by Crippen LogP contribution is 2.18. The highest BCUT2D eigenvalue weighted by molar-refractivity contribution is 9.09. The largest absolute Gasteiger partial charge is 0.364 e. The van der Waals surface area contributed by atoms with Crippen molar-refractivity contribution in [3.05, 3.63) is 0 Å². The molecule has 1 aliphatic rings. The lowest BCUT2D eigenvalue weighted by molar-refractivity contribution is -0.898. The molecule has 0 aromatic heterocycles. The van der Waals surface area contributed by atoms with E-state index >= 15 is 0 Å². The van der Waals surface area contributed by atoms with Crippen LogP contribution in [-0.4, -0.2) is 43.3 Å². The van der Waals surface area contributed by atoms with E-state index in [2.05, 4.69) is 23.0 Å². The number of methoxy groups -OCH3 is 1. The van der Waals surface area contributed by atoms with Crippen LogP contribution in [0, 0.1) is 0 Å². The number of ether oxygens (including phenoxy) is 1. The monoisotopic (exact) mass is 222 g/mol. The number of rotatable bonds is 3. The Balaban J connectivity index is 2.33. The Labute approximate surface area is 77.2 Å². The van der Waals surface area contributed by atoms with Crippen LogP contribution < -0.4 is 0 Å². The van der Waals surface area contributed by atoms with Crippen molar-refractivity contribution in [2.24, 2.45) is 0 Å².